The number of aromatic amines is 1. The minimum absolute atomic E-state index is 0.0209. The van der Waals surface area contributed by atoms with Crippen molar-refractivity contribution in [2.24, 2.45) is 11.8 Å². The summed E-state index contributed by atoms with van der Waals surface area (Å²) in [7, 11) is 0. The van der Waals surface area contributed by atoms with Gasteiger partial charge in [0.15, 0.2) is 0 Å². The van der Waals surface area contributed by atoms with E-state index in [-0.39, 0.29) is 17.9 Å². The van der Waals surface area contributed by atoms with Gasteiger partial charge in [-0.15, -0.1) is 0 Å². The Morgan fingerprint density at radius 2 is 2.32 bits per heavy atom. The minimum Gasteiger partial charge on any atom is -0.338 e. The molecule has 3 amide bonds. The monoisotopic (exact) mass is 307 g/mol. The number of carbonyl (C=O) groups excluding carboxylic acids is 2. The van der Waals surface area contributed by atoms with Gasteiger partial charge >= 0.3 is 6.03 Å². The summed E-state index contributed by atoms with van der Waals surface area (Å²) in [5, 5.41) is 12.2. The van der Waals surface area contributed by atoms with E-state index in [9.17, 15) is 9.59 Å². The van der Waals surface area contributed by atoms with Crippen LogP contribution in [0.15, 0.2) is 12.3 Å². The summed E-state index contributed by atoms with van der Waals surface area (Å²) in [6.07, 6.45) is 3.94. The Labute approximate surface area is 130 Å². The number of anilines is 1. The Morgan fingerprint density at radius 3 is 3.00 bits per heavy atom. The second kappa shape index (κ2) is 7.82. The highest BCUT2D eigenvalue weighted by molar-refractivity contribution is 5.89. The fraction of sp³-hybridized carbons (Fsp3) is 0.667. The SMILES string of the molecule is CC(C)CNC(=O)N1CCC[C@@H](CC(=O)Nc2ccn[nH]2)C1. The lowest BCUT2D eigenvalue weighted by molar-refractivity contribution is -0.117. The van der Waals surface area contributed by atoms with Gasteiger partial charge in [-0.25, -0.2) is 4.79 Å². The zero-order chi connectivity index (χ0) is 15.9. The third-order valence-electron chi connectivity index (χ3n) is 3.72. The lowest BCUT2D eigenvalue weighted by atomic mass is 9.94. The number of urea groups is 1. The summed E-state index contributed by atoms with van der Waals surface area (Å²) < 4.78 is 0. The van der Waals surface area contributed by atoms with Crippen LogP contribution in [0.2, 0.25) is 0 Å². The number of piperidine rings is 1. The van der Waals surface area contributed by atoms with E-state index in [1.807, 2.05) is 4.90 Å². The smallest absolute Gasteiger partial charge is 0.317 e. The number of nitrogens with zero attached hydrogens (tertiary/aromatic N) is 2. The average molecular weight is 307 g/mol. The number of rotatable bonds is 5. The third kappa shape index (κ3) is 5.05. The molecular formula is C15H25N5O2. The van der Waals surface area contributed by atoms with E-state index in [0.717, 1.165) is 19.4 Å². The van der Waals surface area contributed by atoms with Gasteiger partial charge in [-0.2, -0.15) is 5.10 Å². The molecule has 0 bridgehead atoms. The Balaban J connectivity index is 1.77. The van der Waals surface area contributed by atoms with Crippen LogP contribution < -0.4 is 10.6 Å². The quantitative estimate of drug-likeness (QED) is 0.775. The molecular weight excluding hydrogens is 282 g/mol. The topological polar surface area (TPSA) is 90.1 Å². The molecule has 7 heteroatoms. The van der Waals surface area contributed by atoms with Crippen LogP contribution in [0.25, 0.3) is 0 Å². The zero-order valence-electron chi connectivity index (χ0n) is 13.3. The predicted octanol–water partition coefficient (Wildman–Crippen LogP) is 1.82. The molecule has 2 heterocycles. The third-order valence-corrected chi connectivity index (χ3v) is 3.72. The number of likely N-dealkylation sites (tertiary alicyclic amines) is 1. The van der Waals surface area contributed by atoms with Gasteiger partial charge in [-0.1, -0.05) is 13.8 Å². The number of H-pyrrole nitrogens is 1. The molecule has 2 rings (SSSR count). The molecule has 0 aliphatic carbocycles. The Morgan fingerprint density at radius 1 is 1.50 bits per heavy atom. The molecule has 22 heavy (non-hydrogen) atoms. The summed E-state index contributed by atoms with van der Waals surface area (Å²) in [6.45, 7) is 6.22. The molecule has 0 saturated carbocycles. The Kier molecular flexibility index (Phi) is 5.80. The van der Waals surface area contributed by atoms with Gasteiger partial charge in [0.2, 0.25) is 5.91 Å². The number of aromatic nitrogens is 2. The first-order chi connectivity index (χ1) is 10.5. The first kappa shape index (κ1) is 16.3. The highest BCUT2D eigenvalue weighted by Crippen LogP contribution is 2.20. The highest BCUT2D eigenvalue weighted by atomic mass is 16.2. The van der Waals surface area contributed by atoms with Gasteiger partial charge < -0.3 is 15.5 Å². The van der Waals surface area contributed by atoms with Crippen LogP contribution in [0.4, 0.5) is 10.6 Å². The summed E-state index contributed by atoms with van der Waals surface area (Å²) in [5.74, 6) is 1.21. The van der Waals surface area contributed by atoms with E-state index < -0.39 is 0 Å². The van der Waals surface area contributed by atoms with Gasteiger partial charge in [0.05, 0.1) is 6.20 Å². The molecule has 122 valence electrons. The van der Waals surface area contributed by atoms with Crippen molar-refractivity contribution in [3.63, 3.8) is 0 Å². The van der Waals surface area contributed by atoms with Crippen LogP contribution in [0.3, 0.4) is 0 Å². The standard InChI is InChI=1S/C15H25N5O2/c1-11(2)9-16-15(22)20-7-3-4-12(10-20)8-14(21)18-13-5-6-17-19-13/h5-6,11-12H,3-4,7-10H2,1-2H3,(H,16,22)(H2,17,18,19,21)/t12-/m0/s1. The summed E-state index contributed by atoms with van der Waals surface area (Å²) in [6, 6.07) is 1.69. The molecule has 7 nitrogen and oxygen atoms in total. The number of hydrogen-bond donors (Lipinski definition) is 3. The van der Waals surface area contributed by atoms with E-state index in [2.05, 4.69) is 34.7 Å². The maximum absolute atomic E-state index is 12.1. The van der Waals surface area contributed by atoms with Gasteiger partial charge in [0.25, 0.3) is 0 Å². The summed E-state index contributed by atoms with van der Waals surface area (Å²) in [4.78, 5) is 25.9. The van der Waals surface area contributed by atoms with Crippen molar-refractivity contribution in [3.8, 4) is 0 Å². The van der Waals surface area contributed by atoms with Crippen molar-refractivity contribution in [3.05, 3.63) is 12.3 Å². The van der Waals surface area contributed by atoms with Crippen LogP contribution >= 0.6 is 0 Å². The first-order valence-corrected chi connectivity index (χ1v) is 7.86. The number of amides is 3. The van der Waals surface area contributed by atoms with Crippen LogP contribution in [0.1, 0.15) is 33.1 Å². The van der Waals surface area contributed by atoms with Crippen LogP contribution in [-0.4, -0.2) is 46.7 Å². The van der Waals surface area contributed by atoms with Gasteiger partial charge in [0, 0.05) is 32.1 Å². The molecule has 0 aromatic carbocycles. The molecule has 1 aliphatic heterocycles. The Hall–Kier alpha value is -2.05. The van der Waals surface area contributed by atoms with Crippen molar-refractivity contribution in [1.82, 2.24) is 20.4 Å². The van der Waals surface area contributed by atoms with Crippen molar-refractivity contribution >= 4 is 17.8 Å². The second-order valence-corrected chi connectivity index (χ2v) is 6.26. The van der Waals surface area contributed by atoms with Gasteiger partial charge in [-0.3, -0.25) is 9.89 Å². The van der Waals surface area contributed by atoms with Crippen molar-refractivity contribution in [2.75, 3.05) is 25.0 Å². The molecule has 3 N–H and O–H groups in total. The molecule has 1 aromatic heterocycles. The molecule has 1 atom stereocenters. The number of nitrogens with one attached hydrogen (secondary N) is 3. The zero-order valence-corrected chi connectivity index (χ0v) is 13.3. The maximum Gasteiger partial charge on any atom is 0.317 e. The molecule has 1 fully saturated rings. The fourth-order valence-electron chi connectivity index (χ4n) is 2.61. The molecule has 0 spiro atoms. The van der Waals surface area contributed by atoms with E-state index in [1.165, 1.54) is 0 Å². The van der Waals surface area contributed by atoms with Gasteiger partial charge in [0.1, 0.15) is 5.82 Å². The molecule has 0 unspecified atom stereocenters. The fourth-order valence-corrected chi connectivity index (χ4v) is 2.61. The Bertz CT molecular complexity index is 486. The van der Waals surface area contributed by atoms with Crippen LogP contribution in [0, 0.1) is 11.8 Å². The van der Waals surface area contributed by atoms with Crippen molar-refractivity contribution in [1.29, 1.82) is 0 Å². The second-order valence-electron chi connectivity index (χ2n) is 6.26. The minimum atomic E-state index is -0.0429. The highest BCUT2D eigenvalue weighted by Gasteiger charge is 2.25. The van der Waals surface area contributed by atoms with Crippen molar-refractivity contribution in [2.45, 2.75) is 33.1 Å². The summed E-state index contributed by atoms with van der Waals surface area (Å²) in [5.41, 5.74) is 0. The van der Waals surface area contributed by atoms with E-state index in [4.69, 9.17) is 0 Å². The first-order valence-electron chi connectivity index (χ1n) is 7.86. The largest absolute Gasteiger partial charge is 0.338 e. The molecule has 1 aliphatic rings. The number of carbonyl (C=O) groups is 2. The van der Waals surface area contributed by atoms with Gasteiger partial charge in [-0.05, 0) is 24.7 Å². The van der Waals surface area contributed by atoms with Crippen LogP contribution in [-0.2, 0) is 4.79 Å². The van der Waals surface area contributed by atoms with E-state index in [0.29, 0.717) is 31.2 Å². The normalized spacial score (nSPS) is 18.3. The van der Waals surface area contributed by atoms with Crippen molar-refractivity contribution < 1.29 is 9.59 Å². The number of hydrogen-bond acceptors (Lipinski definition) is 3. The molecule has 1 saturated heterocycles. The average Bonchev–Trinajstić information content (AvgIpc) is 2.97. The lowest BCUT2D eigenvalue weighted by Gasteiger charge is -2.32. The van der Waals surface area contributed by atoms with E-state index >= 15 is 0 Å². The van der Waals surface area contributed by atoms with E-state index in [1.54, 1.807) is 12.3 Å². The lowest BCUT2D eigenvalue weighted by Crippen LogP contribution is -2.46. The predicted molar refractivity (Wildman–Crippen MR) is 84.4 cm³/mol. The van der Waals surface area contributed by atoms with Crippen LogP contribution in [0.5, 0.6) is 0 Å². The molecule has 0 radical (unpaired) electrons. The maximum atomic E-state index is 12.1. The molecule has 1 aromatic rings. The summed E-state index contributed by atoms with van der Waals surface area (Å²) >= 11 is 0.